The fourth-order valence-electron chi connectivity index (χ4n) is 1.39. The first-order chi connectivity index (χ1) is 6.25. The minimum atomic E-state index is -0.795. The lowest BCUT2D eigenvalue weighted by molar-refractivity contribution is -0.136. The molecule has 0 saturated heterocycles. The van der Waals surface area contributed by atoms with Crippen LogP contribution in [0.1, 0.15) is 5.56 Å². The number of carboxylic acid groups (broad SMARTS) is 1. The Hall–Kier alpha value is -1.77. The van der Waals surface area contributed by atoms with Crippen molar-refractivity contribution in [1.29, 1.82) is 0 Å². The van der Waals surface area contributed by atoms with Crippen molar-refractivity contribution in [3.63, 3.8) is 0 Å². The molecule has 1 N–H and O–H groups in total. The zero-order valence-corrected chi connectivity index (χ0v) is 6.97. The number of carboxylic acids is 1. The van der Waals surface area contributed by atoms with Crippen LogP contribution in [0, 0.1) is 0 Å². The molecule has 66 valence electrons. The summed E-state index contributed by atoms with van der Waals surface area (Å²) in [4.78, 5) is 10.4. The third-order valence-corrected chi connectivity index (χ3v) is 1.92. The standard InChI is InChI=1S/C10H9NO2/c12-10(13)6-8-5-9-3-1-2-4-11(9)7-8/h1-5,7H,6H2,(H,12,13). The number of nitrogens with zero attached hydrogens (tertiary/aromatic N) is 1. The van der Waals surface area contributed by atoms with Gasteiger partial charge in [-0.2, -0.15) is 0 Å². The highest BCUT2D eigenvalue weighted by molar-refractivity contribution is 5.71. The molecule has 0 unspecified atom stereocenters. The summed E-state index contributed by atoms with van der Waals surface area (Å²) < 4.78 is 1.91. The summed E-state index contributed by atoms with van der Waals surface area (Å²) >= 11 is 0. The molecule has 0 bridgehead atoms. The molecule has 2 rings (SSSR count). The first kappa shape index (κ1) is 7.86. The van der Waals surface area contributed by atoms with Crippen molar-refractivity contribution >= 4 is 11.5 Å². The zero-order valence-electron chi connectivity index (χ0n) is 6.97. The van der Waals surface area contributed by atoms with Crippen LogP contribution in [0.15, 0.2) is 36.7 Å². The summed E-state index contributed by atoms with van der Waals surface area (Å²) in [7, 11) is 0. The van der Waals surface area contributed by atoms with Gasteiger partial charge in [0, 0.05) is 17.9 Å². The van der Waals surface area contributed by atoms with E-state index < -0.39 is 5.97 Å². The number of fused-ring (bicyclic) bond motifs is 1. The molecule has 0 amide bonds. The van der Waals surface area contributed by atoms with Crippen LogP contribution < -0.4 is 0 Å². The second-order valence-corrected chi connectivity index (χ2v) is 2.95. The Morgan fingerprint density at radius 2 is 2.31 bits per heavy atom. The largest absolute Gasteiger partial charge is 0.481 e. The Morgan fingerprint density at radius 3 is 3.00 bits per heavy atom. The second-order valence-electron chi connectivity index (χ2n) is 2.95. The van der Waals surface area contributed by atoms with Crippen LogP contribution in [0.3, 0.4) is 0 Å². The number of aliphatic carboxylic acids is 1. The third-order valence-electron chi connectivity index (χ3n) is 1.92. The lowest BCUT2D eigenvalue weighted by atomic mass is 10.2. The Kier molecular flexibility index (Phi) is 1.77. The van der Waals surface area contributed by atoms with Crippen molar-refractivity contribution in [3.05, 3.63) is 42.2 Å². The summed E-state index contributed by atoms with van der Waals surface area (Å²) in [5.41, 5.74) is 1.86. The fraction of sp³-hybridized carbons (Fsp3) is 0.100. The van der Waals surface area contributed by atoms with Gasteiger partial charge in [0.1, 0.15) is 0 Å². The number of aromatic nitrogens is 1. The van der Waals surface area contributed by atoms with Crippen LogP contribution in [0.4, 0.5) is 0 Å². The van der Waals surface area contributed by atoms with Gasteiger partial charge in [0.05, 0.1) is 6.42 Å². The lowest BCUT2D eigenvalue weighted by Gasteiger charge is -1.89. The number of rotatable bonds is 2. The van der Waals surface area contributed by atoms with Crippen molar-refractivity contribution in [1.82, 2.24) is 4.40 Å². The second kappa shape index (κ2) is 2.94. The maximum Gasteiger partial charge on any atom is 0.307 e. The van der Waals surface area contributed by atoms with Crippen LogP contribution in [0.2, 0.25) is 0 Å². The van der Waals surface area contributed by atoms with Crippen LogP contribution in [0.25, 0.3) is 5.52 Å². The summed E-state index contributed by atoms with van der Waals surface area (Å²) in [6.07, 6.45) is 3.83. The normalized spacial score (nSPS) is 10.5. The van der Waals surface area contributed by atoms with E-state index >= 15 is 0 Å². The molecule has 13 heavy (non-hydrogen) atoms. The van der Waals surface area contributed by atoms with Crippen LogP contribution in [-0.2, 0) is 11.2 Å². The Labute approximate surface area is 75.2 Å². The van der Waals surface area contributed by atoms with E-state index in [2.05, 4.69) is 0 Å². The molecule has 0 radical (unpaired) electrons. The fourth-order valence-corrected chi connectivity index (χ4v) is 1.39. The highest BCUT2D eigenvalue weighted by Crippen LogP contribution is 2.09. The Balaban J connectivity index is 2.44. The maximum absolute atomic E-state index is 10.4. The topological polar surface area (TPSA) is 41.7 Å². The molecule has 3 heteroatoms. The van der Waals surface area contributed by atoms with Gasteiger partial charge in [-0.05, 0) is 23.8 Å². The number of pyridine rings is 1. The molecule has 2 heterocycles. The van der Waals surface area contributed by atoms with Crippen molar-refractivity contribution in [2.24, 2.45) is 0 Å². The molecule has 0 fully saturated rings. The molecule has 0 aliphatic carbocycles. The summed E-state index contributed by atoms with van der Waals surface area (Å²) in [6, 6.07) is 7.68. The van der Waals surface area contributed by atoms with E-state index in [0.717, 1.165) is 11.1 Å². The predicted molar refractivity (Wildman–Crippen MR) is 48.7 cm³/mol. The number of carbonyl (C=O) groups is 1. The van der Waals surface area contributed by atoms with Gasteiger partial charge in [0.2, 0.25) is 0 Å². The number of hydrogen-bond acceptors (Lipinski definition) is 1. The summed E-state index contributed by atoms with van der Waals surface area (Å²) in [5, 5.41) is 8.58. The van der Waals surface area contributed by atoms with Crippen LogP contribution in [-0.4, -0.2) is 15.5 Å². The SMILES string of the molecule is O=C(O)Cc1cc2ccccn2c1. The van der Waals surface area contributed by atoms with E-state index in [4.69, 9.17) is 5.11 Å². The van der Waals surface area contributed by atoms with E-state index in [-0.39, 0.29) is 6.42 Å². The molecule has 0 atom stereocenters. The average Bonchev–Trinajstić information content (AvgIpc) is 2.44. The van der Waals surface area contributed by atoms with Gasteiger partial charge in [-0.3, -0.25) is 4.79 Å². The molecule has 0 spiro atoms. The number of hydrogen-bond donors (Lipinski definition) is 1. The quantitative estimate of drug-likeness (QED) is 0.752. The first-order valence-electron chi connectivity index (χ1n) is 4.03. The van der Waals surface area contributed by atoms with Gasteiger partial charge in [-0.25, -0.2) is 0 Å². The van der Waals surface area contributed by atoms with Gasteiger partial charge in [-0.15, -0.1) is 0 Å². The highest BCUT2D eigenvalue weighted by Gasteiger charge is 2.02. The molecule has 0 aliphatic rings. The average molecular weight is 175 g/mol. The van der Waals surface area contributed by atoms with Crippen molar-refractivity contribution in [3.8, 4) is 0 Å². The molecule has 0 saturated carbocycles. The highest BCUT2D eigenvalue weighted by atomic mass is 16.4. The molecule has 0 aliphatic heterocycles. The van der Waals surface area contributed by atoms with Gasteiger partial charge in [0.15, 0.2) is 0 Å². The maximum atomic E-state index is 10.4. The molecule has 2 aromatic heterocycles. The summed E-state index contributed by atoms with van der Waals surface area (Å²) in [5.74, 6) is -0.795. The molecule has 3 nitrogen and oxygen atoms in total. The van der Waals surface area contributed by atoms with Crippen LogP contribution >= 0.6 is 0 Å². The minimum Gasteiger partial charge on any atom is -0.481 e. The van der Waals surface area contributed by atoms with Crippen molar-refractivity contribution in [2.75, 3.05) is 0 Å². The predicted octanol–water partition coefficient (Wildman–Crippen LogP) is 1.57. The first-order valence-corrected chi connectivity index (χ1v) is 4.03. The van der Waals surface area contributed by atoms with E-state index in [1.54, 1.807) is 0 Å². The third kappa shape index (κ3) is 1.54. The van der Waals surface area contributed by atoms with Gasteiger partial charge < -0.3 is 9.51 Å². The lowest BCUT2D eigenvalue weighted by Crippen LogP contribution is -1.98. The van der Waals surface area contributed by atoms with E-state index in [9.17, 15) is 4.79 Å². The Morgan fingerprint density at radius 1 is 1.46 bits per heavy atom. The van der Waals surface area contributed by atoms with Crippen molar-refractivity contribution < 1.29 is 9.90 Å². The monoisotopic (exact) mass is 175 g/mol. The molecule has 2 aromatic rings. The zero-order chi connectivity index (χ0) is 9.26. The van der Waals surface area contributed by atoms with Crippen molar-refractivity contribution in [2.45, 2.75) is 6.42 Å². The minimum absolute atomic E-state index is 0.0850. The molecule has 0 aromatic carbocycles. The molecular weight excluding hydrogens is 166 g/mol. The smallest absolute Gasteiger partial charge is 0.307 e. The Bertz CT molecular complexity index is 412. The van der Waals surface area contributed by atoms with E-state index in [1.165, 1.54) is 0 Å². The molecular formula is C10H9NO2. The van der Waals surface area contributed by atoms with Gasteiger partial charge >= 0.3 is 5.97 Å². The van der Waals surface area contributed by atoms with Gasteiger partial charge in [-0.1, -0.05) is 6.07 Å². The van der Waals surface area contributed by atoms with Gasteiger partial charge in [0.25, 0.3) is 0 Å². The van der Waals surface area contributed by atoms with E-state index in [1.807, 2.05) is 41.1 Å². The summed E-state index contributed by atoms with van der Waals surface area (Å²) in [6.45, 7) is 0. The van der Waals surface area contributed by atoms with Crippen LogP contribution in [0.5, 0.6) is 0 Å². The van der Waals surface area contributed by atoms with E-state index in [0.29, 0.717) is 0 Å².